The van der Waals surface area contributed by atoms with Gasteiger partial charge in [0.15, 0.2) is 0 Å². The molecule has 1 saturated carbocycles. The van der Waals surface area contributed by atoms with Crippen LogP contribution in [0.4, 0.5) is 0 Å². The quantitative estimate of drug-likeness (QED) is 0.733. The maximum Gasteiger partial charge on any atom is 0.150 e. The molecule has 3 nitrogen and oxygen atoms in total. The van der Waals surface area contributed by atoms with Crippen molar-refractivity contribution in [2.45, 2.75) is 43.9 Å². The fourth-order valence-corrected chi connectivity index (χ4v) is 3.18. The van der Waals surface area contributed by atoms with Crippen molar-refractivity contribution in [3.63, 3.8) is 0 Å². The van der Waals surface area contributed by atoms with Gasteiger partial charge >= 0.3 is 0 Å². The Morgan fingerprint density at radius 1 is 1.40 bits per heavy atom. The van der Waals surface area contributed by atoms with Gasteiger partial charge < -0.3 is 5.32 Å². The average Bonchev–Trinajstić information content (AvgIpc) is 2.17. The lowest BCUT2D eigenvalue weighted by Crippen LogP contribution is -2.38. The lowest BCUT2D eigenvalue weighted by Gasteiger charge is -2.28. The normalized spacial score (nSPS) is 26.8. The third kappa shape index (κ3) is 4.23. The minimum absolute atomic E-state index is 0.154. The fraction of sp³-hybridized carbons (Fsp3) is 0.818. The number of hydrogen-bond acceptors (Lipinski definition) is 3. The van der Waals surface area contributed by atoms with E-state index in [1.165, 1.54) is 6.26 Å². The van der Waals surface area contributed by atoms with Gasteiger partial charge in [0.25, 0.3) is 0 Å². The monoisotopic (exact) mass is 229 g/mol. The summed E-state index contributed by atoms with van der Waals surface area (Å²) in [7, 11) is -2.87. The van der Waals surface area contributed by atoms with Crippen LogP contribution in [0.15, 0.2) is 0 Å². The summed E-state index contributed by atoms with van der Waals surface area (Å²) in [4.78, 5) is 0. The van der Waals surface area contributed by atoms with Gasteiger partial charge in [0.05, 0.1) is 11.8 Å². The van der Waals surface area contributed by atoms with Gasteiger partial charge in [-0.3, -0.25) is 0 Å². The van der Waals surface area contributed by atoms with Crippen molar-refractivity contribution in [3.8, 4) is 11.8 Å². The van der Waals surface area contributed by atoms with Crippen molar-refractivity contribution in [3.05, 3.63) is 0 Å². The molecule has 1 aliphatic carbocycles. The summed E-state index contributed by atoms with van der Waals surface area (Å²) < 4.78 is 22.8. The molecule has 0 amide bonds. The summed E-state index contributed by atoms with van der Waals surface area (Å²) in [6, 6.07) is 0.319. The highest BCUT2D eigenvalue weighted by Crippen LogP contribution is 2.23. The van der Waals surface area contributed by atoms with Crippen LogP contribution in [0.25, 0.3) is 0 Å². The van der Waals surface area contributed by atoms with E-state index in [-0.39, 0.29) is 5.25 Å². The van der Waals surface area contributed by atoms with Crippen molar-refractivity contribution in [1.29, 1.82) is 0 Å². The Bertz CT molecular complexity index is 351. The molecule has 0 heterocycles. The van der Waals surface area contributed by atoms with E-state index < -0.39 is 9.84 Å². The Labute approximate surface area is 92.6 Å². The molecule has 86 valence electrons. The Kier molecular flexibility index (Phi) is 4.62. The maximum atomic E-state index is 11.4. The Hall–Kier alpha value is -0.530. The summed E-state index contributed by atoms with van der Waals surface area (Å²) in [5.74, 6) is 5.76. The second kappa shape index (κ2) is 5.53. The smallest absolute Gasteiger partial charge is 0.150 e. The highest BCUT2D eigenvalue weighted by molar-refractivity contribution is 7.91. The molecule has 0 aromatic rings. The molecule has 1 rings (SSSR count). The van der Waals surface area contributed by atoms with Crippen LogP contribution in [0.1, 0.15) is 32.6 Å². The molecule has 0 bridgehead atoms. The topological polar surface area (TPSA) is 46.2 Å². The molecule has 0 radical (unpaired) electrons. The molecule has 0 aromatic heterocycles. The van der Waals surface area contributed by atoms with Gasteiger partial charge in [-0.1, -0.05) is 12.3 Å². The van der Waals surface area contributed by atoms with Crippen LogP contribution >= 0.6 is 0 Å². The van der Waals surface area contributed by atoms with Crippen LogP contribution in [-0.4, -0.2) is 32.5 Å². The largest absolute Gasteiger partial charge is 0.303 e. The summed E-state index contributed by atoms with van der Waals surface area (Å²) >= 11 is 0. The number of rotatable bonds is 3. The van der Waals surface area contributed by atoms with E-state index in [4.69, 9.17) is 0 Å². The predicted octanol–water partition coefficient (Wildman–Crippen LogP) is 0.955. The van der Waals surface area contributed by atoms with Crippen LogP contribution in [0.5, 0.6) is 0 Å². The second-order valence-electron chi connectivity index (χ2n) is 4.12. The Morgan fingerprint density at radius 3 is 2.73 bits per heavy atom. The van der Waals surface area contributed by atoms with Gasteiger partial charge in [-0.15, -0.1) is 5.92 Å². The lowest BCUT2D eigenvalue weighted by molar-refractivity contribution is 0.384. The molecule has 0 aliphatic heterocycles. The van der Waals surface area contributed by atoms with Crippen molar-refractivity contribution < 1.29 is 8.42 Å². The zero-order valence-electron chi connectivity index (χ0n) is 9.41. The van der Waals surface area contributed by atoms with Crippen molar-refractivity contribution in [2.24, 2.45) is 0 Å². The van der Waals surface area contributed by atoms with Crippen LogP contribution in [0, 0.1) is 11.8 Å². The van der Waals surface area contributed by atoms with Crippen LogP contribution in [0.3, 0.4) is 0 Å². The van der Waals surface area contributed by atoms with Crippen LogP contribution < -0.4 is 5.32 Å². The molecule has 2 atom stereocenters. The SMILES string of the molecule is CC#CCNC1CCCC(S(C)(=O)=O)C1. The molecule has 1 N–H and O–H groups in total. The molecule has 1 fully saturated rings. The highest BCUT2D eigenvalue weighted by atomic mass is 32.2. The van der Waals surface area contributed by atoms with E-state index in [1.807, 2.05) is 6.92 Å². The number of sulfone groups is 1. The molecule has 1 aliphatic rings. The number of nitrogens with one attached hydrogen (secondary N) is 1. The molecule has 2 unspecified atom stereocenters. The number of hydrogen-bond donors (Lipinski definition) is 1. The predicted molar refractivity (Wildman–Crippen MR) is 62.3 cm³/mol. The summed E-state index contributed by atoms with van der Waals surface area (Å²) in [5.41, 5.74) is 0. The summed E-state index contributed by atoms with van der Waals surface area (Å²) in [6.45, 7) is 2.47. The van der Waals surface area contributed by atoms with E-state index in [9.17, 15) is 8.42 Å². The van der Waals surface area contributed by atoms with Gasteiger partial charge in [-0.25, -0.2) is 8.42 Å². The summed E-state index contributed by atoms with van der Waals surface area (Å²) in [6.07, 6.45) is 4.96. The Morgan fingerprint density at radius 2 is 2.13 bits per heavy atom. The van der Waals surface area contributed by atoms with Crippen LogP contribution in [0.2, 0.25) is 0 Å². The first kappa shape index (κ1) is 12.5. The van der Waals surface area contributed by atoms with E-state index in [0.717, 1.165) is 25.7 Å². The molecule has 4 heteroatoms. The zero-order valence-corrected chi connectivity index (χ0v) is 10.2. The molecule has 0 spiro atoms. The van der Waals surface area contributed by atoms with Gasteiger partial charge in [-0.2, -0.15) is 0 Å². The second-order valence-corrected chi connectivity index (χ2v) is 6.45. The molecule has 0 saturated heterocycles. The minimum atomic E-state index is -2.87. The van der Waals surface area contributed by atoms with Gasteiger partial charge in [0, 0.05) is 12.3 Å². The Balaban J connectivity index is 2.45. The summed E-state index contributed by atoms with van der Waals surface area (Å²) in [5, 5.41) is 3.13. The van der Waals surface area contributed by atoms with E-state index in [2.05, 4.69) is 17.2 Å². The lowest BCUT2D eigenvalue weighted by atomic mass is 9.95. The average molecular weight is 229 g/mol. The maximum absolute atomic E-state index is 11.4. The zero-order chi connectivity index (χ0) is 11.3. The molecular weight excluding hydrogens is 210 g/mol. The third-order valence-electron chi connectivity index (χ3n) is 2.89. The highest BCUT2D eigenvalue weighted by Gasteiger charge is 2.28. The van der Waals surface area contributed by atoms with Gasteiger partial charge in [0.2, 0.25) is 0 Å². The fourth-order valence-electron chi connectivity index (χ4n) is 2.00. The van der Waals surface area contributed by atoms with E-state index in [1.54, 1.807) is 0 Å². The van der Waals surface area contributed by atoms with Gasteiger partial charge in [-0.05, 0) is 26.2 Å². The third-order valence-corrected chi connectivity index (χ3v) is 4.53. The molecule has 15 heavy (non-hydrogen) atoms. The van der Waals surface area contributed by atoms with E-state index in [0.29, 0.717) is 12.6 Å². The van der Waals surface area contributed by atoms with Crippen LogP contribution in [-0.2, 0) is 9.84 Å². The first-order valence-electron chi connectivity index (χ1n) is 5.36. The standard InChI is InChI=1S/C11H19NO2S/c1-3-4-8-12-10-6-5-7-11(9-10)15(2,13)14/h10-12H,5-9H2,1-2H3. The first-order chi connectivity index (χ1) is 7.04. The van der Waals surface area contributed by atoms with Crippen molar-refractivity contribution in [2.75, 3.05) is 12.8 Å². The van der Waals surface area contributed by atoms with E-state index >= 15 is 0 Å². The molecule has 0 aromatic carbocycles. The molecular formula is C11H19NO2S. The minimum Gasteiger partial charge on any atom is -0.303 e. The first-order valence-corrected chi connectivity index (χ1v) is 7.31. The van der Waals surface area contributed by atoms with Crippen molar-refractivity contribution >= 4 is 9.84 Å². The van der Waals surface area contributed by atoms with Gasteiger partial charge in [0.1, 0.15) is 9.84 Å². The van der Waals surface area contributed by atoms with Crippen molar-refractivity contribution in [1.82, 2.24) is 5.32 Å².